The number of piperazine rings is 1. The van der Waals surface area contributed by atoms with Crippen LogP contribution < -0.4 is 10.6 Å². The van der Waals surface area contributed by atoms with Crippen molar-refractivity contribution in [3.05, 3.63) is 50.9 Å². The van der Waals surface area contributed by atoms with Crippen LogP contribution in [0.4, 0.5) is 10.6 Å². The highest BCUT2D eigenvalue weighted by atomic mass is 35.5. The lowest BCUT2D eigenvalue weighted by Gasteiger charge is -2.45. The monoisotopic (exact) mass is 575 g/mol. The number of anilines is 1. The average molecular weight is 576 g/mol. The Morgan fingerprint density at radius 2 is 1.68 bits per heavy atom. The van der Waals surface area contributed by atoms with Crippen LogP contribution in [0.2, 0.25) is 5.02 Å². The summed E-state index contributed by atoms with van der Waals surface area (Å²) in [5, 5.41) is 10.7. The van der Waals surface area contributed by atoms with Crippen LogP contribution >= 0.6 is 11.6 Å². The fourth-order valence-electron chi connectivity index (χ4n) is 5.69. The molecule has 2 aliphatic carbocycles. The predicted molar refractivity (Wildman–Crippen MR) is 156 cm³/mol. The second-order valence-corrected chi connectivity index (χ2v) is 12.9. The molecule has 3 fully saturated rings. The zero-order chi connectivity index (χ0) is 29.2. The molecule has 0 spiro atoms. The van der Waals surface area contributed by atoms with E-state index in [4.69, 9.17) is 16.3 Å². The molecule has 2 saturated carbocycles. The molecule has 0 bridgehead atoms. The third kappa shape index (κ3) is 5.12. The Morgan fingerprint density at radius 3 is 2.24 bits per heavy atom. The number of ether oxygens (including phenoxy) is 1. The van der Waals surface area contributed by atoms with Crippen molar-refractivity contribution in [3.63, 3.8) is 0 Å². The van der Waals surface area contributed by atoms with Crippen LogP contribution in [0.25, 0.3) is 16.6 Å². The average Bonchev–Trinajstić information content (AvgIpc) is 3.81. The third-order valence-corrected chi connectivity index (χ3v) is 8.31. The normalized spacial score (nSPS) is 21.2. The van der Waals surface area contributed by atoms with Crippen LogP contribution in [0.1, 0.15) is 89.1 Å². The van der Waals surface area contributed by atoms with E-state index in [1.807, 2.05) is 39.5 Å². The van der Waals surface area contributed by atoms with Crippen molar-refractivity contribution >= 4 is 34.4 Å². The van der Waals surface area contributed by atoms with Gasteiger partial charge >= 0.3 is 11.8 Å². The summed E-state index contributed by atoms with van der Waals surface area (Å²) in [6.07, 6.45) is 5.30. The molecule has 3 aliphatic rings. The Kier molecular flexibility index (Phi) is 6.68. The van der Waals surface area contributed by atoms with E-state index in [1.165, 1.54) is 0 Å². The van der Waals surface area contributed by atoms with Gasteiger partial charge in [0.1, 0.15) is 23.8 Å². The Balaban J connectivity index is 1.50. The smallest absolute Gasteiger partial charge is 0.410 e. The van der Waals surface area contributed by atoms with Crippen molar-refractivity contribution in [2.24, 2.45) is 0 Å². The maximum Gasteiger partial charge on any atom is 0.410 e. The highest BCUT2D eigenvalue weighted by molar-refractivity contribution is 6.32. The van der Waals surface area contributed by atoms with Crippen LogP contribution in [0.3, 0.4) is 0 Å². The molecule has 10 nitrogen and oxygen atoms in total. The highest BCUT2D eigenvalue weighted by Crippen LogP contribution is 2.47. The molecule has 1 saturated heterocycles. The van der Waals surface area contributed by atoms with Gasteiger partial charge in [0.25, 0.3) is 0 Å². The van der Waals surface area contributed by atoms with Crippen molar-refractivity contribution in [3.8, 4) is 11.8 Å². The first-order chi connectivity index (χ1) is 19.5. The lowest BCUT2D eigenvalue weighted by atomic mass is 10.1. The summed E-state index contributed by atoms with van der Waals surface area (Å²) in [5.41, 5.74) is 2.27. The molecule has 3 heterocycles. The topological polar surface area (TPSA) is 117 Å². The second-order valence-electron chi connectivity index (χ2n) is 12.5. The Hall–Kier alpha value is -3.71. The van der Waals surface area contributed by atoms with E-state index in [0.717, 1.165) is 37.1 Å². The van der Waals surface area contributed by atoms with Gasteiger partial charge in [-0.2, -0.15) is 10.2 Å². The lowest BCUT2D eigenvalue weighted by molar-refractivity contribution is 0.0130. The number of carbonyl (C=O) groups is 1. The van der Waals surface area contributed by atoms with Gasteiger partial charge in [0.15, 0.2) is 0 Å². The molecule has 0 N–H and O–H groups in total. The van der Waals surface area contributed by atoms with Crippen LogP contribution in [-0.2, 0) is 4.74 Å². The molecule has 11 heteroatoms. The molecule has 0 radical (unpaired) electrons. The molecular weight excluding hydrogens is 542 g/mol. The third-order valence-electron chi connectivity index (χ3n) is 8.00. The Morgan fingerprint density at radius 1 is 1.05 bits per heavy atom. The van der Waals surface area contributed by atoms with Crippen molar-refractivity contribution in [1.29, 1.82) is 5.26 Å². The van der Waals surface area contributed by atoms with E-state index >= 15 is 0 Å². The lowest BCUT2D eigenvalue weighted by Crippen LogP contribution is -2.59. The number of fused-ring (bicyclic) bond motifs is 1. The fraction of sp³-hybridized carbons (Fsp3) is 0.533. The second kappa shape index (κ2) is 9.98. The molecule has 2 aromatic heterocycles. The molecule has 1 aliphatic heterocycles. The Bertz CT molecular complexity index is 1620. The van der Waals surface area contributed by atoms with Gasteiger partial charge in [-0.05, 0) is 72.4 Å². The predicted octanol–water partition coefficient (Wildman–Crippen LogP) is 5.29. The van der Waals surface area contributed by atoms with Gasteiger partial charge in [0, 0.05) is 42.4 Å². The molecule has 2 atom stereocenters. The van der Waals surface area contributed by atoms with Crippen LogP contribution in [0, 0.1) is 11.3 Å². The number of nitrogens with zero attached hydrogens (tertiary/aromatic N) is 7. The summed E-state index contributed by atoms with van der Waals surface area (Å²) in [6, 6.07) is 5.20. The van der Waals surface area contributed by atoms with Crippen LogP contribution in [0.15, 0.2) is 23.3 Å². The summed E-state index contributed by atoms with van der Waals surface area (Å²) < 4.78 is 7.25. The zero-order valence-corrected chi connectivity index (χ0v) is 24.8. The van der Waals surface area contributed by atoms with Gasteiger partial charge < -0.3 is 14.5 Å². The van der Waals surface area contributed by atoms with Gasteiger partial charge in [-0.1, -0.05) is 11.6 Å². The van der Waals surface area contributed by atoms with Gasteiger partial charge in [0.05, 0.1) is 33.2 Å². The van der Waals surface area contributed by atoms with Gasteiger partial charge in [-0.3, -0.25) is 4.57 Å². The summed E-state index contributed by atoms with van der Waals surface area (Å²) in [6.45, 7) is 10.3. The fourth-order valence-corrected chi connectivity index (χ4v) is 5.90. The van der Waals surface area contributed by atoms with Crippen molar-refractivity contribution in [1.82, 2.24) is 24.4 Å². The SMILES string of the molecule is C[C@@H]1CN(c2nc(=O)n(-c3c(C4CC4)ncnc3C3CC3)c3cc(Cl)c(C#N)cc23)[C@@H](C)CN1C(=O)OC(C)(C)C. The molecule has 6 rings (SSSR count). The summed E-state index contributed by atoms with van der Waals surface area (Å²) >= 11 is 6.58. The largest absolute Gasteiger partial charge is 0.444 e. The standard InChI is InChI=1S/C30H34ClN7O3/c1-16-14-37(29(40)41-30(3,4)5)17(2)13-36(16)27-21-10-20(12-32)22(31)11-23(21)38(28(39)35-27)26-24(18-6-7-18)33-15-34-25(26)19-8-9-19/h10-11,15-19H,6-9,13-14H2,1-5H3/t16-,17+/m0/s1. The number of benzene rings is 1. The highest BCUT2D eigenvalue weighted by Gasteiger charge is 2.38. The first-order valence-electron chi connectivity index (χ1n) is 14.2. The number of nitriles is 1. The molecule has 1 amide bonds. The Labute approximate surface area is 243 Å². The molecule has 1 aromatic carbocycles. The van der Waals surface area contributed by atoms with Crippen molar-refractivity contribution in [2.45, 2.75) is 89.8 Å². The van der Waals surface area contributed by atoms with E-state index in [9.17, 15) is 14.9 Å². The van der Waals surface area contributed by atoms with E-state index in [1.54, 1.807) is 27.9 Å². The number of aromatic nitrogens is 4. The van der Waals surface area contributed by atoms with Gasteiger partial charge in [-0.15, -0.1) is 0 Å². The summed E-state index contributed by atoms with van der Waals surface area (Å²) in [5.74, 6) is 1.03. The quantitative estimate of drug-likeness (QED) is 0.412. The summed E-state index contributed by atoms with van der Waals surface area (Å²) in [4.78, 5) is 44.7. The maximum atomic E-state index is 14.0. The van der Waals surface area contributed by atoms with Crippen molar-refractivity contribution < 1.29 is 9.53 Å². The number of hydrogen-bond donors (Lipinski definition) is 0. The number of carbonyl (C=O) groups excluding carboxylic acids is 1. The zero-order valence-electron chi connectivity index (χ0n) is 24.0. The van der Waals surface area contributed by atoms with E-state index in [2.05, 4.69) is 21.0 Å². The number of rotatable bonds is 4. The van der Waals surface area contributed by atoms with E-state index in [0.29, 0.717) is 41.1 Å². The summed E-state index contributed by atoms with van der Waals surface area (Å²) in [7, 11) is 0. The number of amides is 1. The van der Waals surface area contributed by atoms with E-state index < -0.39 is 11.3 Å². The number of halogens is 1. The van der Waals surface area contributed by atoms with Gasteiger partial charge in [0.2, 0.25) is 0 Å². The van der Waals surface area contributed by atoms with Gasteiger partial charge in [-0.25, -0.2) is 19.6 Å². The molecule has 41 heavy (non-hydrogen) atoms. The maximum absolute atomic E-state index is 14.0. The minimum Gasteiger partial charge on any atom is -0.444 e. The van der Waals surface area contributed by atoms with Crippen LogP contribution in [0.5, 0.6) is 0 Å². The van der Waals surface area contributed by atoms with E-state index in [-0.39, 0.29) is 35.0 Å². The number of hydrogen-bond acceptors (Lipinski definition) is 8. The first kappa shape index (κ1) is 27.5. The molecular formula is C30H34ClN7O3. The minimum atomic E-state index is -0.605. The molecule has 214 valence electrons. The van der Waals surface area contributed by atoms with Crippen molar-refractivity contribution in [2.75, 3.05) is 18.0 Å². The molecule has 0 unspecified atom stereocenters. The molecule has 3 aromatic rings. The van der Waals surface area contributed by atoms with Crippen LogP contribution in [-0.4, -0.2) is 61.3 Å². The first-order valence-corrected chi connectivity index (χ1v) is 14.6. The minimum absolute atomic E-state index is 0.171.